The van der Waals surface area contributed by atoms with Crippen molar-refractivity contribution < 1.29 is 4.79 Å². The van der Waals surface area contributed by atoms with E-state index in [2.05, 4.69) is 19.1 Å². The molecule has 1 nitrogen and oxygen atoms in total. The van der Waals surface area contributed by atoms with Gasteiger partial charge in [-0.15, -0.1) is 0 Å². The summed E-state index contributed by atoms with van der Waals surface area (Å²) in [5.41, 5.74) is 0.907. The summed E-state index contributed by atoms with van der Waals surface area (Å²) in [6, 6.07) is 10.2. The van der Waals surface area contributed by atoms with Crippen LogP contribution < -0.4 is 0 Å². The highest BCUT2D eigenvalue weighted by Gasteiger charge is 2.37. The Hall–Kier alpha value is -1.11. The van der Waals surface area contributed by atoms with Gasteiger partial charge in [0, 0.05) is 0 Å². The quantitative estimate of drug-likeness (QED) is 0.687. The normalized spacial score (nSPS) is 21.1. The molecule has 1 atom stereocenters. The van der Waals surface area contributed by atoms with Gasteiger partial charge in [0.05, 0.1) is 5.41 Å². The number of carbonyl (C=O) groups excluding carboxylic acids is 1. The van der Waals surface area contributed by atoms with Crippen molar-refractivity contribution in [3.8, 4) is 0 Å². The Balaban J connectivity index is 2.32. The SMILES string of the molecule is C[C@](C=O)(c1ccccc1)C1CCCC1. The van der Waals surface area contributed by atoms with Crippen LogP contribution in [0.1, 0.15) is 38.2 Å². The van der Waals surface area contributed by atoms with Crippen molar-refractivity contribution in [2.75, 3.05) is 0 Å². The van der Waals surface area contributed by atoms with Gasteiger partial charge in [-0.1, -0.05) is 43.2 Å². The largest absolute Gasteiger partial charge is 0.302 e. The molecule has 0 radical (unpaired) electrons. The molecule has 0 N–H and O–H groups in total. The summed E-state index contributed by atoms with van der Waals surface area (Å²) in [5.74, 6) is 0.539. The third-order valence-corrected chi connectivity index (χ3v) is 3.84. The van der Waals surface area contributed by atoms with Gasteiger partial charge in [-0.3, -0.25) is 0 Å². The second-order valence-electron chi connectivity index (χ2n) is 4.75. The molecule has 0 amide bonds. The molecule has 0 spiro atoms. The summed E-state index contributed by atoms with van der Waals surface area (Å²) in [5, 5.41) is 0. The van der Waals surface area contributed by atoms with Crippen LogP contribution >= 0.6 is 0 Å². The van der Waals surface area contributed by atoms with E-state index in [1.807, 2.05) is 18.2 Å². The fraction of sp³-hybridized carbons (Fsp3) is 0.500. The zero-order valence-corrected chi connectivity index (χ0v) is 9.28. The Morgan fingerprint density at radius 2 is 1.80 bits per heavy atom. The molecule has 1 aliphatic rings. The van der Waals surface area contributed by atoms with Crippen LogP contribution in [-0.4, -0.2) is 6.29 Å². The fourth-order valence-corrected chi connectivity index (χ4v) is 2.72. The van der Waals surface area contributed by atoms with Gasteiger partial charge in [-0.05, 0) is 31.2 Å². The molecular formula is C14H18O. The minimum atomic E-state index is -0.266. The fourth-order valence-electron chi connectivity index (χ4n) is 2.72. The van der Waals surface area contributed by atoms with E-state index in [-0.39, 0.29) is 5.41 Å². The van der Waals surface area contributed by atoms with Crippen molar-refractivity contribution >= 4 is 6.29 Å². The number of rotatable bonds is 3. The number of aldehydes is 1. The average Bonchev–Trinajstić information content (AvgIpc) is 2.83. The monoisotopic (exact) mass is 202 g/mol. The van der Waals surface area contributed by atoms with E-state index in [4.69, 9.17) is 0 Å². The van der Waals surface area contributed by atoms with Crippen LogP contribution in [-0.2, 0) is 10.2 Å². The molecule has 80 valence electrons. The Morgan fingerprint density at radius 3 is 2.33 bits per heavy atom. The van der Waals surface area contributed by atoms with Gasteiger partial charge in [0.25, 0.3) is 0 Å². The first kappa shape index (κ1) is 10.4. The highest BCUT2D eigenvalue weighted by Crippen LogP contribution is 2.40. The van der Waals surface area contributed by atoms with E-state index in [1.54, 1.807) is 0 Å². The van der Waals surface area contributed by atoms with Crippen LogP contribution in [0.15, 0.2) is 30.3 Å². The van der Waals surface area contributed by atoms with Gasteiger partial charge >= 0.3 is 0 Å². The van der Waals surface area contributed by atoms with E-state index in [0.717, 1.165) is 6.29 Å². The van der Waals surface area contributed by atoms with Gasteiger partial charge in [0.1, 0.15) is 6.29 Å². The molecule has 0 aromatic heterocycles. The van der Waals surface area contributed by atoms with E-state index in [1.165, 1.54) is 31.2 Å². The summed E-state index contributed by atoms with van der Waals surface area (Å²) in [4.78, 5) is 11.4. The Labute approximate surface area is 91.5 Å². The third-order valence-electron chi connectivity index (χ3n) is 3.84. The summed E-state index contributed by atoms with van der Waals surface area (Å²) >= 11 is 0. The maximum atomic E-state index is 11.4. The van der Waals surface area contributed by atoms with Gasteiger partial charge < -0.3 is 4.79 Å². The Kier molecular flexibility index (Phi) is 2.90. The number of hydrogen-bond acceptors (Lipinski definition) is 1. The van der Waals surface area contributed by atoms with Crippen molar-refractivity contribution in [1.82, 2.24) is 0 Å². The van der Waals surface area contributed by atoms with Crippen LogP contribution in [0.25, 0.3) is 0 Å². The summed E-state index contributed by atoms with van der Waals surface area (Å²) in [7, 11) is 0. The second kappa shape index (κ2) is 4.18. The maximum absolute atomic E-state index is 11.4. The van der Waals surface area contributed by atoms with Crippen molar-refractivity contribution in [2.24, 2.45) is 5.92 Å². The predicted octanol–water partition coefficient (Wildman–Crippen LogP) is 3.33. The van der Waals surface area contributed by atoms with E-state index in [0.29, 0.717) is 5.92 Å². The van der Waals surface area contributed by atoms with E-state index in [9.17, 15) is 4.79 Å². The first-order chi connectivity index (χ1) is 7.27. The molecule has 1 saturated carbocycles. The molecule has 0 bridgehead atoms. The van der Waals surface area contributed by atoms with Crippen LogP contribution in [0.3, 0.4) is 0 Å². The van der Waals surface area contributed by atoms with Crippen molar-refractivity contribution in [2.45, 2.75) is 38.0 Å². The first-order valence-electron chi connectivity index (χ1n) is 5.79. The molecular weight excluding hydrogens is 184 g/mol. The van der Waals surface area contributed by atoms with E-state index < -0.39 is 0 Å². The molecule has 2 rings (SSSR count). The van der Waals surface area contributed by atoms with Crippen LogP contribution in [0, 0.1) is 5.92 Å². The molecule has 0 unspecified atom stereocenters. The Bertz CT molecular complexity index is 324. The molecule has 1 aromatic rings. The average molecular weight is 202 g/mol. The highest BCUT2D eigenvalue weighted by atomic mass is 16.1. The van der Waals surface area contributed by atoms with Crippen molar-refractivity contribution in [3.05, 3.63) is 35.9 Å². The summed E-state index contributed by atoms with van der Waals surface area (Å²) in [6.07, 6.45) is 6.11. The second-order valence-corrected chi connectivity index (χ2v) is 4.75. The summed E-state index contributed by atoms with van der Waals surface area (Å²) in [6.45, 7) is 2.09. The minimum Gasteiger partial charge on any atom is -0.302 e. The highest BCUT2D eigenvalue weighted by molar-refractivity contribution is 5.68. The van der Waals surface area contributed by atoms with Crippen LogP contribution in [0.5, 0.6) is 0 Å². The third kappa shape index (κ3) is 1.83. The van der Waals surface area contributed by atoms with Gasteiger partial charge in [-0.2, -0.15) is 0 Å². The van der Waals surface area contributed by atoms with Crippen molar-refractivity contribution in [1.29, 1.82) is 0 Å². The molecule has 15 heavy (non-hydrogen) atoms. The van der Waals surface area contributed by atoms with Crippen LogP contribution in [0.4, 0.5) is 0 Å². The summed E-state index contributed by atoms with van der Waals surface area (Å²) < 4.78 is 0. The van der Waals surface area contributed by atoms with Gasteiger partial charge in [-0.25, -0.2) is 0 Å². The smallest absolute Gasteiger partial charge is 0.130 e. The predicted molar refractivity (Wildman–Crippen MR) is 61.8 cm³/mol. The zero-order valence-electron chi connectivity index (χ0n) is 9.28. The molecule has 0 aliphatic heterocycles. The maximum Gasteiger partial charge on any atom is 0.130 e. The standard InChI is InChI=1S/C14H18O/c1-14(11-15,13-9-5-6-10-13)12-7-3-2-4-8-12/h2-4,7-8,11,13H,5-6,9-10H2,1H3/t14-/m0/s1. The molecule has 1 aromatic carbocycles. The number of hydrogen-bond donors (Lipinski definition) is 0. The lowest BCUT2D eigenvalue weighted by molar-refractivity contribution is -0.113. The molecule has 1 heteroatoms. The van der Waals surface area contributed by atoms with Crippen molar-refractivity contribution in [3.63, 3.8) is 0 Å². The zero-order chi connectivity index (χ0) is 10.7. The lowest BCUT2D eigenvalue weighted by Crippen LogP contribution is -2.32. The first-order valence-corrected chi connectivity index (χ1v) is 5.79. The number of carbonyl (C=O) groups is 1. The molecule has 1 fully saturated rings. The molecule has 1 aliphatic carbocycles. The van der Waals surface area contributed by atoms with E-state index >= 15 is 0 Å². The lowest BCUT2D eigenvalue weighted by Gasteiger charge is -2.30. The Morgan fingerprint density at radius 1 is 1.20 bits per heavy atom. The van der Waals surface area contributed by atoms with Gasteiger partial charge in [0.2, 0.25) is 0 Å². The number of benzene rings is 1. The van der Waals surface area contributed by atoms with Gasteiger partial charge in [0.15, 0.2) is 0 Å². The molecule has 0 heterocycles. The minimum absolute atomic E-state index is 0.266. The van der Waals surface area contributed by atoms with Crippen LogP contribution in [0.2, 0.25) is 0 Å². The topological polar surface area (TPSA) is 17.1 Å². The lowest BCUT2D eigenvalue weighted by atomic mass is 9.72. The molecule has 0 saturated heterocycles.